The highest BCUT2D eigenvalue weighted by Gasteiger charge is 2.42. The summed E-state index contributed by atoms with van der Waals surface area (Å²) >= 11 is 27.0. The molecule has 3 heterocycles. The molecule has 3 aliphatic rings. The molecule has 1 aromatic heterocycles. The van der Waals surface area contributed by atoms with Crippen LogP contribution < -0.4 is 10.1 Å². The van der Waals surface area contributed by atoms with Crippen molar-refractivity contribution in [1.29, 1.82) is 0 Å². The smallest absolute Gasteiger partial charge is 0.252 e. The van der Waals surface area contributed by atoms with Crippen molar-refractivity contribution in [3.8, 4) is 5.75 Å². The maximum atomic E-state index is 14.3. The summed E-state index contributed by atoms with van der Waals surface area (Å²) in [5.74, 6) is 0.430. The first kappa shape index (κ1) is 32.1. The molecule has 2 bridgehead atoms. The van der Waals surface area contributed by atoms with Crippen LogP contribution in [0.15, 0.2) is 42.1 Å². The van der Waals surface area contributed by atoms with Crippen molar-refractivity contribution in [3.63, 3.8) is 0 Å². The summed E-state index contributed by atoms with van der Waals surface area (Å²) in [4.78, 5) is 21.9. The minimum atomic E-state index is -0.680. The van der Waals surface area contributed by atoms with E-state index in [1.54, 1.807) is 36.5 Å². The maximum Gasteiger partial charge on any atom is 0.252 e. The van der Waals surface area contributed by atoms with Crippen molar-refractivity contribution < 1.29 is 19.4 Å². The third-order valence-corrected chi connectivity index (χ3v) is 10.7. The summed E-state index contributed by atoms with van der Waals surface area (Å²) in [5.41, 5.74) is 3.41. The Hall–Kier alpha value is -1.88. The first-order chi connectivity index (χ1) is 21.2. The number of rotatable bonds is 12. The van der Waals surface area contributed by atoms with Gasteiger partial charge in [0.2, 0.25) is 0 Å². The van der Waals surface area contributed by atoms with E-state index in [0.717, 1.165) is 58.7 Å². The van der Waals surface area contributed by atoms with E-state index in [1.165, 1.54) is 0 Å². The summed E-state index contributed by atoms with van der Waals surface area (Å²) in [6, 6.07) is 9.45. The molecule has 2 N–H and O–H groups in total. The predicted molar refractivity (Wildman–Crippen MR) is 176 cm³/mol. The summed E-state index contributed by atoms with van der Waals surface area (Å²) in [6.07, 6.45) is 5.94. The first-order valence-corrected chi connectivity index (χ1v) is 17.1. The normalized spacial score (nSPS) is 20.2. The molecule has 3 atom stereocenters. The quantitative estimate of drug-likeness (QED) is 0.188. The number of thiazole rings is 1. The van der Waals surface area contributed by atoms with Gasteiger partial charge in [-0.3, -0.25) is 4.79 Å². The van der Waals surface area contributed by atoms with Crippen molar-refractivity contribution in [1.82, 2.24) is 15.2 Å². The molecule has 44 heavy (non-hydrogen) atoms. The Kier molecular flexibility index (Phi) is 10.1. The van der Waals surface area contributed by atoms with Crippen molar-refractivity contribution in [3.05, 3.63) is 83.2 Å². The number of hydrogen-bond acceptors (Lipinski definition) is 7. The van der Waals surface area contributed by atoms with E-state index in [1.807, 2.05) is 23.2 Å². The van der Waals surface area contributed by atoms with Gasteiger partial charge in [0.15, 0.2) is 5.75 Å². The fraction of sp³-hybridized carbons (Fsp3) is 0.438. The largest absolute Gasteiger partial charge is 0.488 e. The van der Waals surface area contributed by atoms with E-state index in [0.29, 0.717) is 57.2 Å². The second-order valence-electron chi connectivity index (χ2n) is 11.5. The third kappa shape index (κ3) is 7.08. The predicted octanol–water partition coefficient (Wildman–Crippen LogP) is 7.87. The van der Waals surface area contributed by atoms with Gasteiger partial charge in [0.25, 0.3) is 5.91 Å². The molecule has 1 aliphatic carbocycles. The van der Waals surface area contributed by atoms with Crippen LogP contribution in [0.2, 0.25) is 20.1 Å². The standard InChI is InChI=1S/C32H33Cl4N3O4S/c1-17(40)19-11-24(34)31(25(35)12-19)43-10-9-42-16-28-37-14-27(44-28)22-13-20-5-8-26(38-20)29(22)32(41)39(21-6-7-21)15-18-3-2-4-23(33)30(18)36/h2-4,11-12,14,17,20-21,26,38,40H,5-10,13,15-16H2,1H3/t17-,20+,26-/m0/s1. The first-order valence-electron chi connectivity index (χ1n) is 14.7. The molecule has 2 aliphatic heterocycles. The van der Waals surface area contributed by atoms with Gasteiger partial charge in [0, 0.05) is 36.4 Å². The van der Waals surface area contributed by atoms with E-state index < -0.39 is 6.10 Å². The molecule has 0 unspecified atom stereocenters. The number of aliphatic hydroxyl groups excluding tert-OH is 1. The number of aliphatic hydroxyl groups is 1. The molecule has 0 spiro atoms. The fourth-order valence-electron chi connectivity index (χ4n) is 5.88. The van der Waals surface area contributed by atoms with Gasteiger partial charge >= 0.3 is 0 Å². The number of nitrogens with zero attached hydrogens (tertiary/aromatic N) is 2. The molecule has 2 aromatic carbocycles. The highest BCUT2D eigenvalue weighted by molar-refractivity contribution is 7.12. The summed E-state index contributed by atoms with van der Waals surface area (Å²) in [7, 11) is 0. The van der Waals surface area contributed by atoms with Crippen molar-refractivity contribution in [2.24, 2.45) is 0 Å². The number of carbonyl (C=O) groups is 1. The average Bonchev–Trinajstić information content (AvgIpc) is 3.61. The average molecular weight is 698 g/mol. The van der Waals surface area contributed by atoms with Gasteiger partial charge in [-0.1, -0.05) is 58.5 Å². The second-order valence-corrected chi connectivity index (χ2v) is 14.2. The highest BCUT2D eigenvalue weighted by atomic mass is 35.5. The Bertz CT molecular complexity index is 1550. The van der Waals surface area contributed by atoms with Gasteiger partial charge in [0.1, 0.15) is 11.6 Å². The summed E-state index contributed by atoms with van der Waals surface area (Å²) < 4.78 is 11.6. The van der Waals surface area contributed by atoms with Gasteiger partial charge in [-0.2, -0.15) is 0 Å². The lowest BCUT2D eigenvalue weighted by Crippen LogP contribution is -2.44. The maximum absolute atomic E-state index is 14.3. The number of benzene rings is 2. The molecule has 0 radical (unpaired) electrons. The monoisotopic (exact) mass is 695 g/mol. The van der Waals surface area contributed by atoms with E-state index >= 15 is 0 Å². The van der Waals surface area contributed by atoms with Crippen LogP contribution in [-0.4, -0.2) is 52.2 Å². The van der Waals surface area contributed by atoms with Crippen LogP contribution in [0.5, 0.6) is 5.75 Å². The van der Waals surface area contributed by atoms with Crippen LogP contribution in [0.1, 0.15) is 66.1 Å². The van der Waals surface area contributed by atoms with E-state index in [4.69, 9.17) is 55.9 Å². The summed E-state index contributed by atoms with van der Waals surface area (Å²) in [5, 5.41) is 15.9. The Balaban J connectivity index is 1.13. The van der Waals surface area contributed by atoms with Crippen molar-refractivity contribution in [2.45, 2.75) is 76.4 Å². The Morgan fingerprint density at radius 1 is 1.11 bits per heavy atom. The highest BCUT2D eigenvalue weighted by Crippen LogP contribution is 2.42. The van der Waals surface area contributed by atoms with E-state index in [9.17, 15) is 9.90 Å². The van der Waals surface area contributed by atoms with Crippen LogP contribution >= 0.6 is 57.7 Å². The molecule has 6 rings (SSSR count). The Labute approximate surface area is 281 Å². The van der Waals surface area contributed by atoms with Gasteiger partial charge in [-0.05, 0) is 73.9 Å². The Morgan fingerprint density at radius 2 is 1.89 bits per heavy atom. The van der Waals surface area contributed by atoms with Gasteiger partial charge in [-0.25, -0.2) is 4.98 Å². The molecule has 7 nitrogen and oxygen atoms in total. The lowest BCUT2D eigenvalue weighted by atomic mass is 9.93. The lowest BCUT2D eigenvalue weighted by Gasteiger charge is -2.31. The van der Waals surface area contributed by atoms with Crippen LogP contribution in [0, 0.1) is 0 Å². The van der Waals surface area contributed by atoms with E-state index in [-0.39, 0.29) is 24.6 Å². The number of amides is 1. The number of hydrogen-bond donors (Lipinski definition) is 2. The number of fused-ring (bicyclic) bond motifs is 2. The molecule has 1 saturated carbocycles. The third-order valence-electron chi connectivity index (χ3n) is 8.27. The minimum absolute atomic E-state index is 0.0274. The molecular formula is C32H33Cl4N3O4S. The second kappa shape index (κ2) is 13.9. The van der Waals surface area contributed by atoms with Crippen molar-refractivity contribution in [2.75, 3.05) is 13.2 Å². The molecule has 1 amide bonds. The number of carbonyl (C=O) groups excluding carboxylic acids is 1. The zero-order valence-electron chi connectivity index (χ0n) is 24.1. The van der Waals surface area contributed by atoms with Gasteiger partial charge in [-0.15, -0.1) is 11.3 Å². The number of aromatic nitrogens is 1. The fourth-order valence-corrected chi connectivity index (χ4v) is 7.80. The number of nitrogens with one attached hydrogen (secondary N) is 1. The van der Waals surface area contributed by atoms with Gasteiger partial charge < -0.3 is 24.8 Å². The zero-order valence-corrected chi connectivity index (χ0v) is 28.0. The number of halogens is 4. The van der Waals surface area contributed by atoms with Gasteiger partial charge in [0.05, 0.1) is 44.3 Å². The van der Waals surface area contributed by atoms with Crippen LogP contribution in [-0.2, 0) is 22.7 Å². The summed E-state index contributed by atoms with van der Waals surface area (Å²) in [6.45, 7) is 2.95. The molecule has 1 saturated heterocycles. The molecule has 234 valence electrons. The minimum Gasteiger partial charge on any atom is -0.488 e. The van der Waals surface area contributed by atoms with Crippen LogP contribution in [0.4, 0.5) is 0 Å². The lowest BCUT2D eigenvalue weighted by molar-refractivity contribution is -0.128. The van der Waals surface area contributed by atoms with Crippen molar-refractivity contribution >= 4 is 69.2 Å². The van der Waals surface area contributed by atoms with E-state index in [2.05, 4.69) is 10.3 Å². The molecule has 2 fully saturated rings. The topological polar surface area (TPSA) is 83.9 Å². The Morgan fingerprint density at radius 3 is 2.61 bits per heavy atom. The number of ether oxygens (including phenoxy) is 2. The van der Waals surface area contributed by atoms with Crippen LogP contribution in [0.3, 0.4) is 0 Å². The van der Waals surface area contributed by atoms with Crippen LogP contribution in [0.25, 0.3) is 5.57 Å². The zero-order chi connectivity index (χ0) is 31.0. The SMILES string of the molecule is C[C@H](O)c1cc(Cl)c(OCCOCc2ncc(C3=C(C(=O)N(Cc4cccc(Cl)c4Cl)C4CC4)[C@@H]4CC[C@H](C3)N4)s2)c(Cl)c1. The molecular weight excluding hydrogens is 664 g/mol. The molecule has 12 heteroatoms. The molecule has 3 aromatic rings.